The summed E-state index contributed by atoms with van der Waals surface area (Å²) in [5.74, 6) is -2.64. The number of carboxylic acids is 2. The monoisotopic (exact) mass is 409 g/mol. The Labute approximate surface area is 164 Å². The Bertz CT molecular complexity index is 821. The quantitative estimate of drug-likeness (QED) is 0.415. The number of carbonyl (C=O) groups excluding carboxylic acids is 3. The first kappa shape index (κ1) is 20.7. The molecule has 0 saturated carbocycles. The highest BCUT2D eigenvalue weighted by atomic mass is 32.2. The SMILES string of the molecule is COc1ccc(/C=C2/SC(=S)N([C@@H](CCC(=O)[O-])C(=O)[O-])C2=O)c(OC)c1. The minimum Gasteiger partial charge on any atom is -0.550 e. The third-order valence-corrected chi connectivity index (χ3v) is 5.09. The molecule has 1 fully saturated rings. The van der Waals surface area contributed by atoms with Crippen molar-refractivity contribution in [2.24, 2.45) is 0 Å². The Kier molecular flexibility index (Phi) is 6.81. The van der Waals surface area contributed by atoms with Crippen molar-refractivity contribution in [1.29, 1.82) is 0 Å². The third kappa shape index (κ3) is 4.77. The molecule has 1 aliphatic heterocycles. The maximum atomic E-state index is 12.7. The van der Waals surface area contributed by atoms with Crippen LogP contribution in [0.2, 0.25) is 0 Å². The molecule has 144 valence electrons. The Hall–Kier alpha value is -2.59. The van der Waals surface area contributed by atoms with Gasteiger partial charge in [0.1, 0.15) is 15.8 Å². The van der Waals surface area contributed by atoms with E-state index in [4.69, 9.17) is 21.7 Å². The van der Waals surface area contributed by atoms with E-state index in [-0.39, 0.29) is 15.6 Å². The molecule has 1 atom stereocenters. The van der Waals surface area contributed by atoms with Gasteiger partial charge in [-0.15, -0.1) is 0 Å². The molecular weight excluding hydrogens is 394 g/mol. The molecule has 8 nitrogen and oxygen atoms in total. The van der Waals surface area contributed by atoms with E-state index in [1.807, 2.05) is 0 Å². The van der Waals surface area contributed by atoms with Gasteiger partial charge in [-0.2, -0.15) is 0 Å². The number of carbonyl (C=O) groups is 3. The molecule has 0 spiro atoms. The Balaban J connectivity index is 2.33. The van der Waals surface area contributed by atoms with Gasteiger partial charge < -0.3 is 29.3 Å². The number of benzene rings is 1. The molecular formula is C17H15NO7S2-2. The van der Waals surface area contributed by atoms with Gasteiger partial charge in [-0.1, -0.05) is 24.0 Å². The second-order valence-corrected chi connectivity index (χ2v) is 7.08. The number of aliphatic carboxylic acids is 2. The number of hydrogen-bond acceptors (Lipinski definition) is 9. The number of thiocarbonyl (C=S) groups is 1. The summed E-state index contributed by atoms with van der Waals surface area (Å²) >= 11 is 6.02. The number of methoxy groups -OCH3 is 2. The Morgan fingerprint density at radius 3 is 2.56 bits per heavy atom. The molecule has 0 unspecified atom stereocenters. The smallest absolute Gasteiger partial charge is 0.266 e. The molecule has 1 heterocycles. The predicted molar refractivity (Wildman–Crippen MR) is 97.6 cm³/mol. The lowest BCUT2D eigenvalue weighted by Crippen LogP contribution is -2.50. The van der Waals surface area contributed by atoms with Crippen molar-refractivity contribution < 1.29 is 34.1 Å². The topological polar surface area (TPSA) is 119 Å². The molecule has 1 aliphatic rings. The number of amides is 1. The van der Waals surface area contributed by atoms with Gasteiger partial charge in [0.05, 0.1) is 31.1 Å². The fourth-order valence-corrected chi connectivity index (χ4v) is 3.78. The van der Waals surface area contributed by atoms with Gasteiger partial charge >= 0.3 is 0 Å². The molecule has 0 radical (unpaired) electrons. The molecule has 1 saturated heterocycles. The summed E-state index contributed by atoms with van der Waals surface area (Å²) in [6.07, 6.45) is 0.611. The molecule has 27 heavy (non-hydrogen) atoms. The average molecular weight is 409 g/mol. The number of rotatable bonds is 8. The number of hydrogen-bond donors (Lipinski definition) is 0. The summed E-state index contributed by atoms with van der Waals surface area (Å²) in [5.41, 5.74) is 0.568. The number of ether oxygens (including phenoxy) is 2. The summed E-state index contributed by atoms with van der Waals surface area (Å²) in [5, 5.41) is 22.0. The minimum absolute atomic E-state index is 0.00581. The zero-order valence-corrected chi connectivity index (χ0v) is 16.1. The van der Waals surface area contributed by atoms with Crippen molar-refractivity contribution in [2.45, 2.75) is 18.9 Å². The van der Waals surface area contributed by atoms with Crippen molar-refractivity contribution in [2.75, 3.05) is 14.2 Å². The van der Waals surface area contributed by atoms with Crippen LogP contribution in [0.4, 0.5) is 0 Å². The highest BCUT2D eigenvalue weighted by Crippen LogP contribution is 2.36. The van der Waals surface area contributed by atoms with Crippen LogP contribution in [0.5, 0.6) is 11.5 Å². The van der Waals surface area contributed by atoms with E-state index in [1.165, 1.54) is 20.3 Å². The van der Waals surface area contributed by atoms with Crippen LogP contribution in [0.1, 0.15) is 18.4 Å². The largest absolute Gasteiger partial charge is 0.550 e. The van der Waals surface area contributed by atoms with E-state index >= 15 is 0 Å². The second-order valence-electron chi connectivity index (χ2n) is 5.41. The summed E-state index contributed by atoms with van der Waals surface area (Å²) in [7, 11) is 2.97. The highest BCUT2D eigenvalue weighted by Gasteiger charge is 2.37. The summed E-state index contributed by atoms with van der Waals surface area (Å²) in [6.45, 7) is 0. The van der Waals surface area contributed by atoms with Crippen molar-refractivity contribution >= 4 is 52.2 Å². The molecule has 0 N–H and O–H groups in total. The lowest BCUT2D eigenvalue weighted by Gasteiger charge is -2.27. The van der Waals surface area contributed by atoms with Crippen molar-refractivity contribution in [3.8, 4) is 11.5 Å². The van der Waals surface area contributed by atoms with Gasteiger partial charge in [-0.05, 0) is 31.1 Å². The minimum atomic E-state index is -1.59. The molecule has 10 heteroatoms. The second kappa shape index (κ2) is 8.87. The van der Waals surface area contributed by atoms with Gasteiger partial charge in [0, 0.05) is 17.6 Å². The van der Waals surface area contributed by atoms with Crippen molar-refractivity contribution in [3.63, 3.8) is 0 Å². The van der Waals surface area contributed by atoms with Crippen molar-refractivity contribution in [3.05, 3.63) is 28.7 Å². The summed E-state index contributed by atoms with van der Waals surface area (Å²) in [6, 6.07) is 3.50. The van der Waals surface area contributed by atoms with E-state index in [2.05, 4.69) is 0 Å². The average Bonchev–Trinajstić information content (AvgIpc) is 2.89. The van der Waals surface area contributed by atoms with Crippen LogP contribution < -0.4 is 19.7 Å². The maximum Gasteiger partial charge on any atom is 0.266 e. The molecule has 1 amide bonds. The van der Waals surface area contributed by atoms with E-state index in [1.54, 1.807) is 18.2 Å². The predicted octanol–water partition coefficient (Wildman–Crippen LogP) is -0.446. The van der Waals surface area contributed by atoms with Crippen LogP contribution in [0, 0.1) is 0 Å². The number of thioether (sulfide) groups is 1. The fraction of sp³-hybridized carbons (Fsp3) is 0.294. The first-order valence-corrected chi connectivity index (χ1v) is 8.90. The fourth-order valence-electron chi connectivity index (χ4n) is 2.43. The highest BCUT2D eigenvalue weighted by molar-refractivity contribution is 8.26. The molecule has 2 rings (SSSR count). The van der Waals surface area contributed by atoms with Crippen molar-refractivity contribution in [1.82, 2.24) is 4.90 Å². The van der Waals surface area contributed by atoms with Crippen LogP contribution in [0.15, 0.2) is 23.1 Å². The van der Waals surface area contributed by atoms with Gasteiger partial charge in [-0.3, -0.25) is 9.69 Å². The molecule has 1 aromatic rings. The van der Waals surface area contributed by atoms with Crippen LogP contribution in [-0.2, 0) is 14.4 Å². The standard InChI is InChI=1S/C17H17NO7S2/c1-24-10-4-3-9(12(8-10)25-2)7-13-15(21)18(17(26)27-13)11(16(22)23)5-6-14(19)20/h3-4,7-8,11H,5-6H2,1-2H3,(H,19,20)(H,22,23)/p-2/b13-7+/t11-/m0/s1. The normalized spacial score (nSPS) is 16.5. The lowest BCUT2D eigenvalue weighted by atomic mass is 10.1. The zero-order valence-electron chi connectivity index (χ0n) is 14.4. The Morgan fingerprint density at radius 1 is 1.30 bits per heavy atom. The summed E-state index contributed by atoms with van der Waals surface area (Å²) < 4.78 is 10.4. The van der Waals surface area contributed by atoms with E-state index in [0.717, 1.165) is 16.7 Å². The van der Waals surface area contributed by atoms with Gasteiger partial charge in [-0.25, -0.2) is 0 Å². The number of carboxylic acid groups (broad SMARTS) is 2. The maximum absolute atomic E-state index is 12.7. The van der Waals surface area contributed by atoms with E-state index in [0.29, 0.717) is 17.1 Å². The molecule has 0 bridgehead atoms. The molecule has 0 aromatic heterocycles. The van der Waals surface area contributed by atoms with E-state index in [9.17, 15) is 24.6 Å². The molecule has 0 aliphatic carbocycles. The summed E-state index contributed by atoms with van der Waals surface area (Å²) in [4.78, 5) is 35.7. The molecule has 1 aromatic carbocycles. The van der Waals surface area contributed by atoms with Crippen LogP contribution in [-0.4, -0.2) is 47.3 Å². The first-order chi connectivity index (χ1) is 12.8. The lowest BCUT2D eigenvalue weighted by molar-refractivity contribution is -0.311. The van der Waals surface area contributed by atoms with Crippen LogP contribution >= 0.6 is 24.0 Å². The van der Waals surface area contributed by atoms with Gasteiger partial charge in [0.2, 0.25) is 0 Å². The number of nitrogens with zero attached hydrogens (tertiary/aromatic N) is 1. The first-order valence-electron chi connectivity index (χ1n) is 7.68. The Morgan fingerprint density at radius 2 is 2.00 bits per heavy atom. The van der Waals surface area contributed by atoms with Gasteiger partial charge in [0.25, 0.3) is 5.91 Å². The zero-order chi connectivity index (χ0) is 20.1. The van der Waals surface area contributed by atoms with Gasteiger partial charge in [0.15, 0.2) is 0 Å². The van der Waals surface area contributed by atoms with E-state index < -0.39 is 30.3 Å². The third-order valence-electron chi connectivity index (χ3n) is 3.76. The van der Waals surface area contributed by atoms with Crippen LogP contribution in [0.3, 0.4) is 0 Å². The van der Waals surface area contributed by atoms with Crippen LogP contribution in [0.25, 0.3) is 6.08 Å².